The molecular formula is C14H21NO2S. The first kappa shape index (κ1) is 13.6. The van der Waals surface area contributed by atoms with Crippen molar-refractivity contribution in [2.75, 3.05) is 19.7 Å². The van der Waals surface area contributed by atoms with E-state index in [9.17, 15) is 4.79 Å². The Balaban J connectivity index is 1.84. The first-order chi connectivity index (χ1) is 8.70. The van der Waals surface area contributed by atoms with Gasteiger partial charge in [0.2, 0.25) is 5.91 Å². The van der Waals surface area contributed by atoms with Crippen molar-refractivity contribution < 1.29 is 9.90 Å². The maximum atomic E-state index is 12.3. The topological polar surface area (TPSA) is 40.5 Å². The molecule has 3 nitrogen and oxygen atoms in total. The number of piperidine rings is 1. The summed E-state index contributed by atoms with van der Waals surface area (Å²) in [6, 6.07) is 4.12. The van der Waals surface area contributed by atoms with Crippen molar-refractivity contribution in [1.82, 2.24) is 4.90 Å². The highest BCUT2D eigenvalue weighted by molar-refractivity contribution is 7.09. The Kier molecular flexibility index (Phi) is 4.78. The molecular weight excluding hydrogens is 246 g/mol. The third-order valence-corrected chi connectivity index (χ3v) is 4.59. The lowest BCUT2D eigenvalue weighted by Crippen LogP contribution is -2.42. The van der Waals surface area contributed by atoms with E-state index in [0.717, 1.165) is 32.4 Å². The minimum absolute atomic E-state index is 0.0642. The maximum absolute atomic E-state index is 12.3. The summed E-state index contributed by atoms with van der Waals surface area (Å²) in [5, 5.41) is 11.1. The fourth-order valence-corrected chi connectivity index (χ4v) is 3.30. The van der Waals surface area contributed by atoms with Crippen LogP contribution in [0.1, 0.15) is 24.6 Å². The van der Waals surface area contributed by atoms with Crippen molar-refractivity contribution in [3.8, 4) is 0 Å². The Labute approximate surface area is 112 Å². The Hall–Kier alpha value is -0.870. The number of rotatable bonds is 4. The Morgan fingerprint density at radius 1 is 1.56 bits per heavy atom. The van der Waals surface area contributed by atoms with Crippen LogP contribution in [0.5, 0.6) is 0 Å². The lowest BCUT2D eigenvalue weighted by atomic mass is 9.96. The minimum atomic E-state index is 0.0642. The minimum Gasteiger partial charge on any atom is -0.396 e. The van der Waals surface area contributed by atoms with Crippen LogP contribution in [0.4, 0.5) is 0 Å². The predicted octanol–water partition coefficient (Wildman–Crippen LogP) is 2.16. The van der Waals surface area contributed by atoms with Gasteiger partial charge in [-0.1, -0.05) is 13.0 Å². The molecule has 1 atom stereocenters. The van der Waals surface area contributed by atoms with Crippen LogP contribution in [0.25, 0.3) is 0 Å². The Bertz CT molecular complexity index is 369. The number of amides is 1. The van der Waals surface area contributed by atoms with Gasteiger partial charge in [-0.05, 0) is 36.6 Å². The zero-order valence-electron chi connectivity index (χ0n) is 10.8. The second-order valence-electron chi connectivity index (χ2n) is 5.14. The highest BCUT2D eigenvalue weighted by Gasteiger charge is 2.25. The van der Waals surface area contributed by atoms with Crippen molar-refractivity contribution in [3.63, 3.8) is 0 Å². The molecule has 1 aliphatic heterocycles. The summed E-state index contributed by atoms with van der Waals surface area (Å²) < 4.78 is 0. The van der Waals surface area contributed by atoms with Gasteiger partial charge in [-0.15, -0.1) is 11.3 Å². The Morgan fingerprint density at radius 2 is 2.28 bits per heavy atom. The van der Waals surface area contributed by atoms with Gasteiger partial charge in [0.1, 0.15) is 0 Å². The molecule has 0 saturated carbocycles. The van der Waals surface area contributed by atoms with Crippen molar-refractivity contribution in [2.45, 2.75) is 26.2 Å². The molecule has 1 aromatic heterocycles. The van der Waals surface area contributed by atoms with E-state index in [-0.39, 0.29) is 18.4 Å². The van der Waals surface area contributed by atoms with Gasteiger partial charge in [0, 0.05) is 30.5 Å². The van der Waals surface area contributed by atoms with Gasteiger partial charge >= 0.3 is 0 Å². The number of thiophene rings is 1. The fourth-order valence-electron chi connectivity index (χ4n) is 2.47. The Morgan fingerprint density at radius 3 is 2.83 bits per heavy atom. The van der Waals surface area contributed by atoms with Gasteiger partial charge in [0.25, 0.3) is 0 Å². The summed E-state index contributed by atoms with van der Waals surface area (Å²) in [5.41, 5.74) is 0. The second-order valence-corrected chi connectivity index (χ2v) is 6.17. The largest absolute Gasteiger partial charge is 0.396 e. The molecule has 0 radical (unpaired) electrons. The van der Waals surface area contributed by atoms with Crippen LogP contribution in [0, 0.1) is 11.8 Å². The van der Waals surface area contributed by atoms with Crippen LogP contribution in [-0.2, 0) is 11.2 Å². The third kappa shape index (κ3) is 3.33. The van der Waals surface area contributed by atoms with Crippen molar-refractivity contribution in [3.05, 3.63) is 22.4 Å². The summed E-state index contributed by atoms with van der Waals surface area (Å²) in [6.07, 6.45) is 2.72. The van der Waals surface area contributed by atoms with E-state index in [2.05, 4.69) is 11.4 Å². The summed E-state index contributed by atoms with van der Waals surface area (Å²) in [5.74, 6) is 0.718. The number of aliphatic hydroxyl groups is 1. The molecule has 1 aliphatic rings. The lowest BCUT2D eigenvalue weighted by Gasteiger charge is -2.32. The summed E-state index contributed by atoms with van der Waals surface area (Å²) in [6.45, 7) is 3.88. The molecule has 1 N–H and O–H groups in total. The van der Waals surface area contributed by atoms with E-state index in [4.69, 9.17) is 5.11 Å². The molecule has 0 spiro atoms. The number of hydrogen-bond donors (Lipinski definition) is 1. The molecule has 1 aromatic rings. The maximum Gasteiger partial charge on any atom is 0.225 e. The number of aliphatic hydroxyl groups excluding tert-OH is 1. The zero-order valence-corrected chi connectivity index (χ0v) is 11.7. The van der Waals surface area contributed by atoms with Crippen LogP contribution in [0.3, 0.4) is 0 Å². The first-order valence-corrected chi connectivity index (χ1v) is 7.50. The molecule has 2 heterocycles. The molecule has 18 heavy (non-hydrogen) atoms. The predicted molar refractivity (Wildman–Crippen MR) is 73.6 cm³/mol. The molecule has 0 aromatic carbocycles. The normalized spacial score (nSPS) is 18.9. The van der Waals surface area contributed by atoms with Crippen molar-refractivity contribution in [1.29, 1.82) is 0 Å². The highest BCUT2D eigenvalue weighted by atomic mass is 32.1. The average Bonchev–Trinajstić information content (AvgIpc) is 2.91. The van der Waals surface area contributed by atoms with Gasteiger partial charge in [-0.3, -0.25) is 4.79 Å². The molecule has 1 unspecified atom stereocenters. The summed E-state index contributed by atoms with van der Waals surface area (Å²) in [4.78, 5) is 15.5. The van der Waals surface area contributed by atoms with Crippen LogP contribution >= 0.6 is 11.3 Å². The molecule has 0 aliphatic carbocycles. The third-order valence-electron chi connectivity index (χ3n) is 3.69. The average molecular weight is 267 g/mol. The van der Waals surface area contributed by atoms with Gasteiger partial charge < -0.3 is 10.0 Å². The van der Waals surface area contributed by atoms with E-state index >= 15 is 0 Å². The highest BCUT2D eigenvalue weighted by Crippen LogP contribution is 2.20. The van der Waals surface area contributed by atoms with Crippen LogP contribution < -0.4 is 0 Å². The van der Waals surface area contributed by atoms with Gasteiger partial charge in [-0.25, -0.2) is 0 Å². The van der Waals surface area contributed by atoms with Gasteiger partial charge in [0.15, 0.2) is 0 Å². The molecule has 1 amide bonds. The van der Waals surface area contributed by atoms with Crippen molar-refractivity contribution >= 4 is 17.2 Å². The van der Waals surface area contributed by atoms with Crippen LogP contribution in [-0.4, -0.2) is 35.6 Å². The number of nitrogens with zero attached hydrogens (tertiary/aromatic N) is 1. The second kappa shape index (κ2) is 6.34. The molecule has 100 valence electrons. The van der Waals surface area contributed by atoms with E-state index in [1.54, 1.807) is 11.3 Å². The van der Waals surface area contributed by atoms with Crippen molar-refractivity contribution in [2.24, 2.45) is 11.8 Å². The summed E-state index contributed by atoms with van der Waals surface area (Å²) in [7, 11) is 0. The van der Waals surface area contributed by atoms with Gasteiger partial charge in [-0.2, -0.15) is 0 Å². The summed E-state index contributed by atoms with van der Waals surface area (Å²) >= 11 is 1.72. The monoisotopic (exact) mass is 267 g/mol. The number of carbonyl (C=O) groups is 1. The van der Waals surface area contributed by atoms with E-state index < -0.39 is 0 Å². The van der Waals surface area contributed by atoms with E-state index in [0.29, 0.717) is 5.92 Å². The smallest absolute Gasteiger partial charge is 0.225 e. The zero-order chi connectivity index (χ0) is 13.0. The molecule has 0 bridgehead atoms. The van der Waals surface area contributed by atoms with Crippen LogP contribution in [0.2, 0.25) is 0 Å². The van der Waals surface area contributed by atoms with Gasteiger partial charge in [0.05, 0.1) is 0 Å². The van der Waals surface area contributed by atoms with E-state index in [1.807, 2.05) is 17.9 Å². The quantitative estimate of drug-likeness (QED) is 0.908. The number of hydrogen-bond acceptors (Lipinski definition) is 3. The first-order valence-electron chi connectivity index (χ1n) is 6.62. The molecule has 1 fully saturated rings. The molecule has 1 saturated heterocycles. The standard InChI is InChI=1S/C14H21NO2S/c1-11(9-13-3-2-8-18-13)14(17)15-6-4-12(10-16)5-7-15/h2-3,8,11-12,16H,4-7,9-10H2,1H3. The number of likely N-dealkylation sites (tertiary alicyclic amines) is 1. The SMILES string of the molecule is CC(Cc1cccs1)C(=O)N1CCC(CO)CC1. The molecule has 4 heteroatoms. The van der Waals surface area contributed by atoms with E-state index in [1.165, 1.54) is 4.88 Å². The fraction of sp³-hybridized carbons (Fsp3) is 0.643. The lowest BCUT2D eigenvalue weighted by molar-refractivity contribution is -0.136. The number of carbonyl (C=O) groups excluding carboxylic acids is 1. The van der Waals surface area contributed by atoms with Crippen LogP contribution in [0.15, 0.2) is 17.5 Å². The molecule has 2 rings (SSSR count).